The number of aliphatic hydroxyl groups excluding tert-OH is 2. The van der Waals surface area contributed by atoms with E-state index in [9.17, 15) is 20.3 Å². The van der Waals surface area contributed by atoms with E-state index in [2.05, 4.69) is 10.3 Å². The van der Waals surface area contributed by atoms with Crippen molar-refractivity contribution in [3.8, 4) is 5.88 Å². The third kappa shape index (κ3) is 3.30. The number of rotatable bonds is 7. The molecular weight excluding hydrogens is 254 g/mol. The fourth-order valence-electron chi connectivity index (χ4n) is 1.48. The summed E-state index contributed by atoms with van der Waals surface area (Å²) >= 11 is 0. The molecule has 106 valence electrons. The number of aromatic nitrogens is 1. The highest BCUT2D eigenvalue weighted by Gasteiger charge is 2.30. The number of hydrogen-bond donors (Lipinski definition) is 3. The number of nitrogens with one attached hydrogen (secondary N) is 1. The molecule has 1 aromatic heterocycles. The van der Waals surface area contributed by atoms with Gasteiger partial charge >= 0.3 is 5.69 Å². The van der Waals surface area contributed by atoms with Gasteiger partial charge in [-0.1, -0.05) is 6.92 Å². The van der Waals surface area contributed by atoms with Crippen LogP contribution in [0, 0.1) is 10.1 Å². The summed E-state index contributed by atoms with van der Waals surface area (Å²) in [5, 5.41) is 32.4. The van der Waals surface area contributed by atoms with E-state index >= 15 is 0 Å². The van der Waals surface area contributed by atoms with E-state index < -0.39 is 10.5 Å². The number of methoxy groups -OCH3 is 1. The molecule has 0 aliphatic carbocycles. The van der Waals surface area contributed by atoms with Crippen molar-refractivity contribution in [2.75, 3.05) is 25.6 Å². The van der Waals surface area contributed by atoms with Crippen molar-refractivity contribution < 1.29 is 19.9 Å². The van der Waals surface area contributed by atoms with E-state index in [1.807, 2.05) is 0 Å². The second-order valence-electron chi connectivity index (χ2n) is 4.05. The third-order valence-corrected chi connectivity index (χ3v) is 2.92. The maximum atomic E-state index is 10.9. The predicted molar refractivity (Wildman–Crippen MR) is 68.3 cm³/mol. The summed E-state index contributed by atoms with van der Waals surface area (Å²) in [5.41, 5.74) is -1.31. The Hall–Kier alpha value is -1.93. The van der Waals surface area contributed by atoms with Crippen LogP contribution in [0.15, 0.2) is 12.1 Å². The molecule has 1 aromatic rings. The van der Waals surface area contributed by atoms with E-state index in [1.54, 1.807) is 6.92 Å². The quantitative estimate of drug-likeness (QED) is 0.489. The Kier molecular flexibility index (Phi) is 5.02. The van der Waals surface area contributed by atoms with Gasteiger partial charge in [-0.05, 0) is 6.42 Å². The molecule has 0 aromatic carbocycles. The summed E-state index contributed by atoms with van der Waals surface area (Å²) in [6.45, 7) is 0.984. The predicted octanol–water partition coefficient (Wildman–Crippen LogP) is 0.544. The Balaban J connectivity index is 3.19. The topological polar surface area (TPSA) is 118 Å². The molecule has 0 atom stereocenters. The number of anilines is 1. The van der Waals surface area contributed by atoms with Crippen LogP contribution in [0.2, 0.25) is 0 Å². The third-order valence-electron chi connectivity index (χ3n) is 2.92. The summed E-state index contributed by atoms with van der Waals surface area (Å²) in [7, 11) is 1.39. The van der Waals surface area contributed by atoms with Crippen LogP contribution in [-0.4, -0.2) is 46.0 Å². The van der Waals surface area contributed by atoms with Crippen LogP contribution >= 0.6 is 0 Å². The van der Waals surface area contributed by atoms with Crippen molar-refractivity contribution in [1.82, 2.24) is 4.98 Å². The van der Waals surface area contributed by atoms with Crippen molar-refractivity contribution in [3.05, 3.63) is 22.2 Å². The standard InChI is InChI=1S/C11H17N3O5/c1-3-11(6-15,7-16)13-10-8(14(17)18)4-5-9(12-10)19-2/h4-5,15-16H,3,6-7H2,1-2H3,(H,12,13). The zero-order valence-electron chi connectivity index (χ0n) is 10.8. The van der Waals surface area contributed by atoms with Gasteiger partial charge in [0.05, 0.1) is 30.8 Å². The number of nitrogens with zero attached hydrogens (tertiary/aromatic N) is 2. The van der Waals surface area contributed by atoms with Crippen molar-refractivity contribution in [2.45, 2.75) is 18.9 Å². The number of ether oxygens (including phenoxy) is 1. The van der Waals surface area contributed by atoms with Gasteiger partial charge in [0, 0.05) is 12.1 Å². The summed E-state index contributed by atoms with van der Waals surface area (Å²) < 4.78 is 4.91. The smallest absolute Gasteiger partial charge is 0.311 e. The van der Waals surface area contributed by atoms with Crippen LogP contribution < -0.4 is 10.1 Å². The molecule has 0 spiro atoms. The highest BCUT2D eigenvalue weighted by atomic mass is 16.6. The largest absolute Gasteiger partial charge is 0.481 e. The maximum absolute atomic E-state index is 10.9. The first-order valence-corrected chi connectivity index (χ1v) is 5.71. The van der Waals surface area contributed by atoms with E-state index in [1.165, 1.54) is 19.2 Å². The summed E-state index contributed by atoms with van der Waals surface area (Å²) in [4.78, 5) is 14.3. The van der Waals surface area contributed by atoms with Crippen LogP contribution in [-0.2, 0) is 0 Å². The van der Waals surface area contributed by atoms with Crippen LogP contribution in [0.1, 0.15) is 13.3 Å². The molecule has 0 aliphatic rings. The fraction of sp³-hybridized carbons (Fsp3) is 0.545. The van der Waals surface area contributed by atoms with Crippen LogP contribution in [0.3, 0.4) is 0 Å². The number of aliphatic hydroxyl groups is 2. The van der Waals surface area contributed by atoms with E-state index in [-0.39, 0.29) is 30.6 Å². The SMILES string of the molecule is CCC(CO)(CO)Nc1nc(OC)ccc1[N+](=O)[O-]. The van der Waals surface area contributed by atoms with Crippen molar-refractivity contribution >= 4 is 11.5 Å². The van der Waals surface area contributed by atoms with Crippen LogP contribution in [0.4, 0.5) is 11.5 Å². The van der Waals surface area contributed by atoms with E-state index in [4.69, 9.17) is 4.74 Å². The number of pyridine rings is 1. The van der Waals surface area contributed by atoms with E-state index in [0.717, 1.165) is 0 Å². The zero-order valence-corrected chi connectivity index (χ0v) is 10.8. The lowest BCUT2D eigenvalue weighted by molar-refractivity contribution is -0.384. The molecule has 1 rings (SSSR count). The monoisotopic (exact) mass is 271 g/mol. The van der Waals surface area contributed by atoms with Crippen molar-refractivity contribution in [2.24, 2.45) is 0 Å². The van der Waals surface area contributed by atoms with Gasteiger partial charge in [0.2, 0.25) is 11.7 Å². The Morgan fingerprint density at radius 1 is 1.47 bits per heavy atom. The second kappa shape index (κ2) is 6.30. The summed E-state index contributed by atoms with van der Waals surface area (Å²) in [6, 6.07) is 2.62. The van der Waals surface area contributed by atoms with E-state index in [0.29, 0.717) is 6.42 Å². The molecule has 0 unspecified atom stereocenters. The number of nitro groups is 1. The minimum absolute atomic E-state index is 0.0469. The molecule has 0 radical (unpaired) electrons. The minimum Gasteiger partial charge on any atom is -0.481 e. The lowest BCUT2D eigenvalue weighted by atomic mass is 9.98. The lowest BCUT2D eigenvalue weighted by Gasteiger charge is -2.30. The van der Waals surface area contributed by atoms with Crippen LogP contribution in [0.25, 0.3) is 0 Å². The molecule has 8 heteroatoms. The highest BCUT2D eigenvalue weighted by Crippen LogP contribution is 2.28. The molecule has 0 saturated heterocycles. The normalized spacial score (nSPS) is 11.2. The fourth-order valence-corrected chi connectivity index (χ4v) is 1.48. The molecule has 0 bridgehead atoms. The van der Waals surface area contributed by atoms with Crippen molar-refractivity contribution in [3.63, 3.8) is 0 Å². The first kappa shape index (κ1) is 15.1. The first-order valence-electron chi connectivity index (χ1n) is 5.71. The zero-order chi connectivity index (χ0) is 14.5. The molecule has 0 aliphatic heterocycles. The highest BCUT2D eigenvalue weighted by molar-refractivity contribution is 5.58. The lowest BCUT2D eigenvalue weighted by Crippen LogP contribution is -2.45. The average Bonchev–Trinajstić information content (AvgIpc) is 2.44. The molecule has 0 amide bonds. The Morgan fingerprint density at radius 2 is 2.11 bits per heavy atom. The first-order chi connectivity index (χ1) is 9.01. The Morgan fingerprint density at radius 3 is 2.53 bits per heavy atom. The van der Waals surface area contributed by atoms with Gasteiger partial charge in [-0.25, -0.2) is 0 Å². The van der Waals surface area contributed by atoms with Gasteiger partial charge in [-0.2, -0.15) is 4.98 Å². The minimum atomic E-state index is -1.07. The molecule has 8 nitrogen and oxygen atoms in total. The molecule has 0 fully saturated rings. The maximum Gasteiger partial charge on any atom is 0.311 e. The molecule has 3 N–H and O–H groups in total. The van der Waals surface area contributed by atoms with Gasteiger partial charge in [-0.3, -0.25) is 10.1 Å². The van der Waals surface area contributed by atoms with Gasteiger partial charge in [0.15, 0.2) is 0 Å². The van der Waals surface area contributed by atoms with Gasteiger partial charge in [0.25, 0.3) is 0 Å². The molecular formula is C11H17N3O5. The molecule has 0 saturated carbocycles. The molecule has 19 heavy (non-hydrogen) atoms. The Bertz CT molecular complexity index is 440. The van der Waals surface area contributed by atoms with Crippen molar-refractivity contribution in [1.29, 1.82) is 0 Å². The number of hydrogen-bond acceptors (Lipinski definition) is 7. The molecule has 1 heterocycles. The van der Waals surface area contributed by atoms with Gasteiger partial charge < -0.3 is 20.3 Å². The summed E-state index contributed by atoms with van der Waals surface area (Å²) in [6.07, 6.45) is 0.371. The second-order valence-corrected chi connectivity index (χ2v) is 4.05. The summed E-state index contributed by atoms with van der Waals surface area (Å²) in [5.74, 6) is 0.156. The van der Waals surface area contributed by atoms with Gasteiger partial charge in [-0.15, -0.1) is 0 Å². The Labute approximate surface area is 110 Å². The van der Waals surface area contributed by atoms with Crippen LogP contribution in [0.5, 0.6) is 5.88 Å². The average molecular weight is 271 g/mol. The van der Waals surface area contributed by atoms with Gasteiger partial charge in [0.1, 0.15) is 0 Å².